The Balaban J connectivity index is 1.85. The maximum absolute atomic E-state index is 13.8. The second kappa shape index (κ2) is 13.2. The van der Waals surface area contributed by atoms with E-state index in [1.165, 1.54) is 12.0 Å². The summed E-state index contributed by atoms with van der Waals surface area (Å²) in [6.45, 7) is 3.31. The molecule has 37 heavy (non-hydrogen) atoms. The van der Waals surface area contributed by atoms with Crippen LogP contribution in [0.25, 0.3) is 10.4 Å². The predicted octanol–water partition coefficient (Wildman–Crippen LogP) is 3.86. The number of amides is 1. The maximum atomic E-state index is 13.8. The van der Waals surface area contributed by atoms with Gasteiger partial charge in [0.1, 0.15) is 31.6 Å². The van der Waals surface area contributed by atoms with Crippen LogP contribution >= 0.6 is 0 Å². The summed E-state index contributed by atoms with van der Waals surface area (Å²) in [5, 5.41) is 3.73. The Morgan fingerprint density at radius 1 is 1.16 bits per heavy atom. The Morgan fingerprint density at radius 3 is 2.38 bits per heavy atom. The predicted molar refractivity (Wildman–Crippen MR) is 133 cm³/mol. The molecule has 0 radical (unpaired) electrons. The van der Waals surface area contributed by atoms with E-state index in [9.17, 15) is 15.1 Å². The third kappa shape index (κ3) is 7.51. The van der Waals surface area contributed by atoms with E-state index in [1.807, 2.05) is 30.3 Å². The van der Waals surface area contributed by atoms with E-state index in [0.29, 0.717) is 5.56 Å². The summed E-state index contributed by atoms with van der Waals surface area (Å²) in [7, 11) is 3.01. The van der Waals surface area contributed by atoms with Crippen LogP contribution in [0.2, 0.25) is 0 Å². The largest absolute Gasteiger partial charge is 0.459 e. The summed E-state index contributed by atoms with van der Waals surface area (Å²) >= 11 is 0. The third-order valence-corrected chi connectivity index (χ3v) is 5.86. The summed E-state index contributed by atoms with van der Waals surface area (Å²) in [5.74, 6) is -1.97. The molecule has 3 rings (SSSR count). The number of likely N-dealkylation sites (N-methyl/N-ethyl adjacent to an activating group) is 1. The molecule has 4 atom stereocenters. The fourth-order valence-corrected chi connectivity index (χ4v) is 4.09. The molecular formula is C26H32N4O7. The molecule has 2 aromatic carbocycles. The number of methoxy groups -OCH3 is 1. The highest BCUT2D eigenvalue weighted by Crippen LogP contribution is 2.34. The standard InChI is InChI=1S/C26H32N4O7/c1-26(2)36-16-21(37-26)23(18-11-7-5-8-12-18)30(3)24(31)22(28-29-27)20(35-17-33-4)15-34-25(32)19-13-9-6-10-14-19/h5-14,20-23H,15-17H2,1-4H3/t20-,21+,22+,23+/m1/s1. The van der Waals surface area contributed by atoms with Crippen LogP contribution in [0.4, 0.5) is 0 Å². The van der Waals surface area contributed by atoms with E-state index >= 15 is 0 Å². The SMILES string of the molecule is COCO[C@H](COC(=O)c1ccccc1)[C@H](N=[N+]=[N-])C(=O)N(C)[C@@H](c1ccccc1)[C@@H]1COC(C)(C)O1. The van der Waals surface area contributed by atoms with Crippen LogP contribution in [0.3, 0.4) is 0 Å². The highest BCUT2D eigenvalue weighted by molar-refractivity contribution is 5.89. The van der Waals surface area contributed by atoms with Gasteiger partial charge in [0.15, 0.2) is 5.79 Å². The van der Waals surface area contributed by atoms with Crippen molar-refractivity contribution >= 4 is 11.9 Å². The minimum atomic E-state index is -1.35. The molecule has 1 aliphatic heterocycles. The Morgan fingerprint density at radius 2 is 1.81 bits per heavy atom. The Labute approximate surface area is 215 Å². The van der Waals surface area contributed by atoms with Crippen LogP contribution < -0.4 is 0 Å². The molecule has 0 unspecified atom stereocenters. The maximum Gasteiger partial charge on any atom is 0.338 e. The molecule has 0 saturated carbocycles. The van der Waals surface area contributed by atoms with Crippen molar-refractivity contribution in [1.29, 1.82) is 0 Å². The summed E-state index contributed by atoms with van der Waals surface area (Å²) in [4.78, 5) is 30.6. The van der Waals surface area contributed by atoms with Crippen LogP contribution in [-0.2, 0) is 28.5 Å². The van der Waals surface area contributed by atoms with Gasteiger partial charge >= 0.3 is 5.97 Å². The molecule has 0 spiro atoms. The molecule has 0 bridgehead atoms. The Bertz CT molecular complexity index is 1080. The molecule has 1 heterocycles. The summed E-state index contributed by atoms with van der Waals surface area (Å²) in [6, 6.07) is 15.8. The van der Waals surface area contributed by atoms with Gasteiger partial charge in [-0.2, -0.15) is 0 Å². The third-order valence-electron chi connectivity index (χ3n) is 5.86. The van der Waals surface area contributed by atoms with E-state index in [0.717, 1.165) is 5.56 Å². The van der Waals surface area contributed by atoms with Crippen molar-refractivity contribution in [2.45, 2.75) is 43.9 Å². The second-order valence-corrected chi connectivity index (χ2v) is 8.90. The van der Waals surface area contributed by atoms with Crippen molar-refractivity contribution in [2.24, 2.45) is 5.11 Å². The van der Waals surface area contributed by atoms with Gasteiger partial charge in [-0.15, -0.1) is 0 Å². The first-order chi connectivity index (χ1) is 17.8. The number of azide groups is 1. The van der Waals surface area contributed by atoms with Crippen LogP contribution in [0, 0.1) is 0 Å². The van der Waals surface area contributed by atoms with Crippen molar-refractivity contribution < 1.29 is 33.3 Å². The van der Waals surface area contributed by atoms with E-state index in [4.69, 9.17) is 23.7 Å². The summed E-state index contributed by atoms with van der Waals surface area (Å²) in [6.07, 6.45) is -1.58. The van der Waals surface area contributed by atoms with Crippen molar-refractivity contribution in [2.75, 3.05) is 34.2 Å². The lowest BCUT2D eigenvalue weighted by molar-refractivity contribution is -0.157. The second-order valence-electron chi connectivity index (χ2n) is 8.90. The first-order valence-electron chi connectivity index (χ1n) is 11.8. The molecule has 1 amide bonds. The van der Waals surface area contributed by atoms with Gasteiger partial charge in [0.25, 0.3) is 0 Å². The van der Waals surface area contributed by atoms with Gasteiger partial charge in [0, 0.05) is 19.1 Å². The number of benzene rings is 2. The van der Waals surface area contributed by atoms with Gasteiger partial charge in [0.2, 0.25) is 5.91 Å². The molecule has 1 saturated heterocycles. The zero-order chi connectivity index (χ0) is 26.8. The molecular weight excluding hydrogens is 480 g/mol. The lowest BCUT2D eigenvalue weighted by Gasteiger charge is -2.35. The number of carbonyl (C=O) groups is 2. The summed E-state index contributed by atoms with van der Waals surface area (Å²) in [5.41, 5.74) is 10.4. The lowest BCUT2D eigenvalue weighted by atomic mass is 9.99. The molecule has 11 nitrogen and oxygen atoms in total. The normalized spacial score (nSPS) is 18.8. The van der Waals surface area contributed by atoms with Crippen molar-refractivity contribution in [3.05, 3.63) is 82.2 Å². The van der Waals surface area contributed by atoms with Gasteiger partial charge in [-0.25, -0.2) is 4.79 Å². The zero-order valence-electron chi connectivity index (χ0n) is 21.4. The molecule has 1 fully saturated rings. The first-order valence-corrected chi connectivity index (χ1v) is 11.8. The van der Waals surface area contributed by atoms with Crippen LogP contribution in [0.1, 0.15) is 35.8 Å². The number of ether oxygens (including phenoxy) is 5. The Hall–Kier alpha value is -3.47. The number of nitrogens with zero attached hydrogens (tertiary/aromatic N) is 4. The van der Waals surface area contributed by atoms with E-state index in [1.54, 1.807) is 51.2 Å². The monoisotopic (exact) mass is 512 g/mol. The molecule has 0 aromatic heterocycles. The van der Waals surface area contributed by atoms with E-state index in [-0.39, 0.29) is 20.0 Å². The van der Waals surface area contributed by atoms with Crippen LogP contribution in [0.5, 0.6) is 0 Å². The van der Waals surface area contributed by atoms with Crippen molar-refractivity contribution in [1.82, 2.24) is 4.90 Å². The van der Waals surface area contributed by atoms with Crippen LogP contribution in [0.15, 0.2) is 65.8 Å². The number of carbonyl (C=O) groups excluding carboxylic acids is 2. The van der Waals surface area contributed by atoms with E-state index < -0.39 is 42.0 Å². The van der Waals surface area contributed by atoms with Gasteiger partial charge in [-0.1, -0.05) is 53.6 Å². The number of hydrogen-bond donors (Lipinski definition) is 0. The number of esters is 1. The van der Waals surface area contributed by atoms with E-state index in [2.05, 4.69) is 10.0 Å². The Kier molecular flexibility index (Phi) is 10.0. The highest BCUT2D eigenvalue weighted by Gasteiger charge is 2.43. The topological polar surface area (TPSA) is 132 Å². The molecule has 0 aliphatic carbocycles. The van der Waals surface area contributed by atoms with Gasteiger partial charge in [0.05, 0.1) is 18.2 Å². The molecule has 198 valence electrons. The lowest BCUT2D eigenvalue weighted by Crippen LogP contribution is -2.49. The number of hydrogen-bond acceptors (Lipinski definition) is 8. The molecule has 2 aromatic rings. The average Bonchev–Trinajstić information content (AvgIpc) is 3.27. The number of rotatable bonds is 12. The van der Waals surface area contributed by atoms with Crippen molar-refractivity contribution in [3.8, 4) is 0 Å². The zero-order valence-corrected chi connectivity index (χ0v) is 21.4. The molecule has 1 aliphatic rings. The van der Waals surface area contributed by atoms with Crippen LogP contribution in [-0.4, -0.2) is 75.0 Å². The van der Waals surface area contributed by atoms with Gasteiger partial charge in [-0.3, -0.25) is 4.79 Å². The molecule has 0 N–H and O–H groups in total. The average molecular weight is 513 g/mol. The quantitative estimate of drug-likeness (QED) is 0.139. The molecule has 11 heteroatoms. The fraction of sp³-hybridized carbons (Fsp3) is 0.462. The smallest absolute Gasteiger partial charge is 0.338 e. The van der Waals surface area contributed by atoms with Gasteiger partial charge < -0.3 is 28.6 Å². The summed E-state index contributed by atoms with van der Waals surface area (Å²) < 4.78 is 27.9. The minimum Gasteiger partial charge on any atom is -0.459 e. The van der Waals surface area contributed by atoms with Crippen molar-refractivity contribution in [3.63, 3.8) is 0 Å². The first kappa shape index (κ1) is 28.1. The highest BCUT2D eigenvalue weighted by atomic mass is 16.7. The van der Waals surface area contributed by atoms with Gasteiger partial charge in [-0.05, 0) is 37.1 Å². The fourth-order valence-electron chi connectivity index (χ4n) is 4.09. The minimum absolute atomic E-state index is 0.210.